The second-order valence-electron chi connectivity index (χ2n) is 2.05. The van der Waals surface area contributed by atoms with Crippen LogP contribution in [0.25, 0.3) is 0 Å². The van der Waals surface area contributed by atoms with Gasteiger partial charge >= 0.3 is 0 Å². The van der Waals surface area contributed by atoms with Gasteiger partial charge in [-0.2, -0.15) is 0 Å². The largest absolute Gasteiger partial charge is 0.491 e. The fraction of sp³-hybridized carbons (Fsp3) is 0.250. The maximum absolute atomic E-state index is 12.8. The lowest BCUT2D eigenvalue weighted by atomic mass is 10.3. The van der Waals surface area contributed by atoms with Gasteiger partial charge in [-0.05, 0) is 25.1 Å². The smallest absolute Gasteiger partial charge is 0.165 e. The number of hydrogen-bond acceptors (Lipinski definition) is 2. The molecule has 0 aromatic heterocycles. The fourth-order valence-electron chi connectivity index (χ4n) is 0.758. The fourth-order valence-corrected chi connectivity index (χ4v) is 0.950. The van der Waals surface area contributed by atoms with Crippen LogP contribution in [0.2, 0.25) is 0 Å². The molecule has 0 spiro atoms. The molecule has 0 N–H and O–H groups in total. The third-order valence-electron chi connectivity index (χ3n) is 1.21. The van der Waals surface area contributed by atoms with Gasteiger partial charge < -0.3 is 4.74 Å². The van der Waals surface area contributed by atoms with Crippen molar-refractivity contribution in [3.63, 3.8) is 0 Å². The molecule has 1 aromatic rings. The highest BCUT2D eigenvalue weighted by atomic mass is 32.1. The lowest BCUT2D eigenvalue weighted by Crippen LogP contribution is -1.93. The molecule has 0 heterocycles. The van der Waals surface area contributed by atoms with Crippen molar-refractivity contribution < 1.29 is 9.13 Å². The number of benzene rings is 1. The molecule has 0 atom stereocenters. The summed E-state index contributed by atoms with van der Waals surface area (Å²) in [5.74, 6) is -0.0790. The van der Waals surface area contributed by atoms with E-state index in [2.05, 4.69) is 12.6 Å². The summed E-state index contributed by atoms with van der Waals surface area (Å²) in [5, 5.41) is 0. The molecule has 60 valence electrons. The maximum atomic E-state index is 12.8. The van der Waals surface area contributed by atoms with E-state index in [4.69, 9.17) is 4.74 Å². The standard InChI is InChI=1S/C8H9FOS/c1-2-10-8-5-6(11)3-4-7(8)9/h3-5,11H,2H2,1H3. The Morgan fingerprint density at radius 1 is 1.55 bits per heavy atom. The van der Waals surface area contributed by atoms with Gasteiger partial charge in [-0.1, -0.05) is 0 Å². The second kappa shape index (κ2) is 3.62. The Hall–Kier alpha value is -0.700. The first-order valence-electron chi connectivity index (χ1n) is 3.35. The molecule has 1 nitrogen and oxygen atoms in total. The third kappa shape index (κ3) is 2.12. The van der Waals surface area contributed by atoms with Crippen LogP contribution in [0.4, 0.5) is 4.39 Å². The lowest BCUT2D eigenvalue weighted by Gasteiger charge is -2.03. The van der Waals surface area contributed by atoms with Crippen molar-refractivity contribution in [3.05, 3.63) is 24.0 Å². The molecule has 0 saturated heterocycles. The van der Waals surface area contributed by atoms with E-state index in [0.717, 1.165) is 0 Å². The van der Waals surface area contributed by atoms with Gasteiger partial charge in [0, 0.05) is 4.90 Å². The summed E-state index contributed by atoms with van der Waals surface area (Å²) in [4.78, 5) is 0.704. The molecular formula is C8H9FOS. The zero-order valence-corrected chi connectivity index (χ0v) is 7.07. The van der Waals surface area contributed by atoms with Crippen molar-refractivity contribution in [3.8, 4) is 5.75 Å². The zero-order valence-electron chi connectivity index (χ0n) is 6.17. The van der Waals surface area contributed by atoms with Crippen LogP contribution < -0.4 is 4.74 Å². The molecule has 11 heavy (non-hydrogen) atoms. The first-order valence-corrected chi connectivity index (χ1v) is 3.80. The molecule has 0 aliphatic carbocycles. The minimum atomic E-state index is -0.343. The van der Waals surface area contributed by atoms with Gasteiger partial charge in [-0.3, -0.25) is 0 Å². The van der Waals surface area contributed by atoms with Crippen LogP contribution in [-0.2, 0) is 0 Å². The van der Waals surface area contributed by atoms with Crippen molar-refractivity contribution in [2.75, 3.05) is 6.61 Å². The molecule has 0 amide bonds. The first kappa shape index (κ1) is 8.40. The van der Waals surface area contributed by atoms with E-state index in [9.17, 15) is 4.39 Å². The van der Waals surface area contributed by atoms with Crippen LogP contribution in [0.15, 0.2) is 23.1 Å². The summed E-state index contributed by atoms with van der Waals surface area (Å²) in [6.45, 7) is 2.28. The first-order chi connectivity index (χ1) is 5.24. The van der Waals surface area contributed by atoms with Crippen LogP contribution in [0.1, 0.15) is 6.92 Å². The average Bonchev–Trinajstić information content (AvgIpc) is 1.98. The molecule has 1 rings (SSSR count). The summed E-state index contributed by atoms with van der Waals surface area (Å²) < 4.78 is 17.8. The van der Waals surface area contributed by atoms with Crippen LogP contribution in [-0.4, -0.2) is 6.61 Å². The summed E-state index contributed by atoms with van der Waals surface area (Å²) in [5.41, 5.74) is 0. The minimum Gasteiger partial charge on any atom is -0.491 e. The Bertz CT molecular complexity index is 250. The van der Waals surface area contributed by atoms with Crippen LogP contribution in [0, 0.1) is 5.82 Å². The highest BCUT2D eigenvalue weighted by Crippen LogP contribution is 2.20. The van der Waals surface area contributed by atoms with E-state index in [1.165, 1.54) is 6.07 Å². The third-order valence-corrected chi connectivity index (χ3v) is 1.49. The van der Waals surface area contributed by atoms with Gasteiger partial charge in [0.1, 0.15) is 0 Å². The lowest BCUT2D eigenvalue weighted by molar-refractivity contribution is 0.320. The summed E-state index contributed by atoms with van der Waals surface area (Å²) in [7, 11) is 0. The normalized spacial score (nSPS) is 9.73. The topological polar surface area (TPSA) is 9.23 Å². The van der Waals surface area contributed by atoms with E-state index in [0.29, 0.717) is 11.5 Å². The van der Waals surface area contributed by atoms with E-state index in [1.54, 1.807) is 12.1 Å². The SMILES string of the molecule is CCOc1cc(S)ccc1F. The van der Waals surface area contributed by atoms with Crippen molar-refractivity contribution in [2.45, 2.75) is 11.8 Å². The van der Waals surface area contributed by atoms with E-state index < -0.39 is 0 Å². The number of halogens is 1. The number of thiol groups is 1. The summed E-state index contributed by atoms with van der Waals surface area (Å²) in [6, 6.07) is 4.48. The van der Waals surface area contributed by atoms with Gasteiger partial charge in [-0.15, -0.1) is 12.6 Å². The highest BCUT2D eigenvalue weighted by Gasteiger charge is 2.01. The van der Waals surface area contributed by atoms with E-state index in [-0.39, 0.29) is 11.6 Å². The Kier molecular flexibility index (Phi) is 2.76. The molecule has 1 aromatic carbocycles. The van der Waals surface area contributed by atoms with Crippen LogP contribution in [0.3, 0.4) is 0 Å². The van der Waals surface area contributed by atoms with Gasteiger partial charge in [0.2, 0.25) is 0 Å². The maximum Gasteiger partial charge on any atom is 0.165 e. The highest BCUT2D eigenvalue weighted by molar-refractivity contribution is 7.80. The van der Waals surface area contributed by atoms with E-state index >= 15 is 0 Å². The van der Waals surface area contributed by atoms with Crippen molar-refractivity contribution in [2.24, 2.45) is 0 Å². The quantitative estimate of drug-likeness (QED) is 0.674. The molecule has 0 fully saturated rings. The van der Waals surface area contributed by atoms with Crippen LogP contribution in [0.5, 0.6) is 5.75 Å². The van der Waals surface area contributed by atoms with Gasteiger partial charge in [0.25, 0.3) is 0 Å². The Balaban J connectivity index is 2.93. The predicted octanol–water partition coefficient (Wildman–Crippen LogP) is 2.51. The molecule has 0 aliphatic heterocycles. The minimum absolute atomic E-state index is 0.264. The zero-order chi connectivity index (χ0) is 8.27. The molecule has 0 bridgehead atoms. The molecule has 0 saturated carbocycles. The average molecular weight is 172 g/mol. The number of ether oxygens (including phenoxy) is 1. The monoisotopic (exact) mass is 172 g/mol. The molecule has 0 aliphatic rings. The van der Waals surface area contributed by atoms with E-state index in [1.807, 2.05) is 6.92 Å². The van der Waals surface area contributed by atoms with Crippen LogP contribution >= 0.6 is 12.6 Å². The molecule has 3 heteroatoms. The number of rotatable bonds is 2. The van der Waals surface area contributed by atoms with Crippen molar-refractivity contribution in [1.29, 1.82) is 0 Å². The summed E-state index contributed by atoms with van der Waals surface area (Å²) >= 11 is 4.05. The molecular weight excluding hydrogens is 163 g/mol. The van der Waals surface area contributed by atoms with Crippen molar-refractivity contribution in [1.82, 2.24) is 0 Å². The summed E-state index contributed by atoms with van der Waals surface area (Å²) in [6.07, 6.45) is 0. The number of hydrogen-bond donors (Lipinski definition) is 1. The van der Waals surface area contributed by atoms with Crippen molar-refractivity contribution >= 4 is 12.6 Å². The molecule has 0 unspecified atom stereocenters. The van der Waals surface area contributed by atoms with Gasteiger partial charge in [0.05, 0.1) is 6.61 Å². The molecule has 0 radical (unpaired) electrons. The Morgan fingerprint density at radius 2 is 2.27 bits per heavy atom. The Labute approximate surface area is 70.6 Å². The predicted molar refractivity (Wildman–Crippen MR) is 44.8 cm³/mol. The Morgan fingerprint density at radius 3 is 2.91 bits per heavy atom. The van der Waals surface area contributed by atoms with Gasteiger partial charge in [0.15, 0.2) is 11.6 Å². The second-order valence-corrected chi connectivity index (χ2v) is 2.56. The van der Waals surface area contributed by atoms with Gasteiger partial charge in [-0.25, -0.2) is 4.39 Å².